The number of para-hydroxylation sites is 1. The molecule has 1 amide bonds. The van der Waals surface area contributed by atoms with Crippen molar-refractivity contribution in [3.8, 4) is 0 Å². The molecule has 8 heteroatoms. The monoisotopic (exact) mass is 360 g/mol. The normalized spacial score (nSPS) is 20.0. The minimum Gasteiger partial charge on any atom is -0.377 e. The molecule has 7 nitrogen and oxygen atoms in total. The number of fused-ring (bicyclic) bond motifs is 1. The summed E-state index contributed by atoms with van der Waals surface area (Å²) in [5.74, 6) is 0.696. The van der Waals surface area contributed by atoms with Crippen molar-refractivity contribution in [1.82, 2.24) is 9.36 Å². The van der Waals surface area contributed by atoms with Gasteiger partial charge in [-0.1, -0.05) is 18.2 Å². The summed E-state index contributed by atoms with van der Waals surface area (Å²) in [7, 11) is 1.62. The van der Waals surface area contributed by atoms with E-state index < -0.39 is 6.10 Å². The van der Waals surface area contributed by atoms with Crippen LogP contribution in [0.3, 0.4) is 0 Å². The molecular weight excluding hydrogens is 340 g/mol. The summed E-state index contributed by atoms with van der Waals surface area (Å²) in [6.45, 7) is 2.83. The van der Waals surface area contributed by atoms with Gasteiger partial charge in [0.1, 0.15) is 6.61 Å². The van der Waals surface area contributed by atoms with Crippen molar-refractivity contribution in [2.45, 2.75) is 19.1 Å². The number of aromatic nitrogens is 2. The number of morpholine rings is 1. The van der Waals surface area contributed by atoms with Crippen LogP contribution in [0.2, 0.25) is 0 Å². The van der Waals surface area contributed by atoms with Crippen molar-refractivity contribution in [3.05, 3.63) is 35.7 Å². The Morgan fingerprint density at radius 3 is 3.16 bits per heavy atom. The van der Waals surface area contributed by atoms with Crippen LogP contribution in [0.5, 0.6) is 0 Å². The predicted octanol–water partition coefficient (Wildman–Crippen LogP) is 1.48. The summed E-state index contributed by atoms with van der Waals surface area (Å²) in [6, 6.07) is 8.06. The fraction of sp³-hybridized carbons (Fsp3) is 0.471. The molecule has 0 saturated carbocycles. The van der Waals surface area contributed by atoms with Gasteiger partial charge in [-0.25, -0.2) is 4.98 Å². The highest BCUT2D eigenvalue weighted by molar-refractivity contribution is 7.09. The minimum atomic E-state index is -0.477. The Bertz CT molecular complexity index is 766. The van der Waals surface area contributed by atoms with Crippen molar-refractivity contribution >= 4 is 28.3 Å². The highest BCUT2D eigenvalue weighted by atomic mass is 32.1. The van der Waals surface area contributed by atoms with E-state index in [9.17, 15) is 4.79 Å². The number of carbonyl (C=O) groups excluding carboxylic acids is 1. The number of hydrogen-bond donors (Lipinski definition) is 0. The average molecular weight is 360 g/mol. The zero-order valence-corrected chi connectivity index (χ0v) is 14.9. The van der Waals surface area contributed by atoms with E-state index in [1.165, 1.54) is 17.1 Å². The first kappa shape index (κ1) is 16.4. The second kappa shape index (κ2) is 7.07. The number of benzene rings is 1. The zero-order chi connectivity index (χ0) is 17.2. The van der Waals surface area contributed by atoms with E-state index in [1.807, 2.05) is 23.1 Å². The van der Waals surface area contributed by atoms with Gasteiger partial charge in [0.2, 0.25) is 5.13 Å². The number of hydrogen-bond acceptors (Lipinski definition) is 7. The fourth-order valence-electron chi connectivity index (χ4n) is 3.27. The Balaban J connectivity index is 1.47. The molecule has 1 fully saturated rings. The van der Waals surface area contributed by atoms with Gasteiger partial charge in [0.15, 0.2) is 11.9 Å². The molecular formula is C17H20N4O3S. The van der Waals surface area contributed by atoms with E-state index in [1.54, 1.807) is 7.11 Å². The molecule has 4 rings (SSSR count). The van der Waals surface area contributed by atoms with Crippen LogP contribution in [-0.4, -0.2) is 54.7 Å². The third kappa shape index (κ3) is 3.24. The van der Waals surface area contributed by atoms with Crippen molar-refractivity contribution in [1.29, 1.82) is 0 Å². The van der Waals surface area contributed by atoms with Crippen molar-refractivity contribution < 1.29 is 14.3 Å². The van der Waals surface area contributed by atoms with Crippen molar-refractivity contribution in [2.75, 3.05) is 43.2 Å². The number of nitrogens with zero attached hydrogens (tertiary/aromatic N) is 4. The Morgan fingerprint density at radius 2 is 2.28 bits per heavy atom. The maximum absolute atomic E-state index is 13.0. The third-order valence-electron chi connectivity index (χ3n) is 4.50. The second-order valence-corrected chi connectivity index (χ2v) is 6.83. The molecule has 2 aliphatic rings. The van der Waals surface area contributed by atoms with Crippen LogP contribution in [0.1, 0.15) is 11.4 Å². The lowest BCUT2D eigenvalue weighted by molar-refractivity contribution is -0.130. The van der Waals surface area contributed by atoms with Crippen molar-refractivity contribution in [3.63, 3.8) is 0 Å². The lowest BCUT2D eigenvalue weighted by Crippen LogP contribution is -2.51. The Hall–Kier alpha value is -2.03. The molecule has 25 heavy (non-hydrogen) atoms. The Morgan fingerprint density at radius 1 is 1.40 bits per heavy atom. The Labute approximate surface area is 150 Å². The lowest BCUT2D eigenvalue weighted by atomic mass is 10.2. The van der Waals surface area contributed by atoms with Gasteiger partial charge in [-0.2, -0.15) is 4.37 Å². The zero-order valence-electron chi connectivity index (χ0n) is 14.1. The minimum absolute atomic E-state index is 0.0243. The maximum atomic E-state index is 13.0. The van der Waals surface area contributed by atoms with Gasteiger partial charge in [0, 0.05) is 37.4 Å². The molecule has 0 radical (unpaired) electrons. The third-order valence-corrected chi connectivity index (χ3v) is 5.31. The maximum Gasteiger partial charge on any atom is 0.257 e. The largest absolute Gasteiger partial charge is 0.377 e. The van der Waals surface area contributed by atoms with Crippen LogP contribution in [0.4, 0.5) is 10.8 Å². The average Bonchev–Trinajstić information content (AvgIpc) is 3.29. The summed E-state index contributed by atoms with van der Waals surface area (Å²) >= 11 is 1.33. The first-order chi connectivity index (χ1) is 12.3. The molecule has 3 heterocycles. The standard InChI is InChI=1S/C17H20N4O3S/c1-23-11-15-18-17(25-19-15)20-8-9-24-14(10-20)16(22)21-7-6-12-4-2-3-5-13(12)21/h2-5,14H,6-11H2,1H3. The first-order valence-corrected chi connectivity index (χ1v) is 9.11. The van der Waals surface area contributed by atoms with E-state index in [-0.39, 0.29) is 5.91 Å². The van der Waals surface area contributed by atoms with Crippen LogP contribution < -0.4 is 9.80 Å². The van der Waals surface area contributed by atoms with Crippen LogP contribution >= 0.6 is 11.5 Å². The predicted molar refractivity (Wildman–Crippen MR) is 95.1 cm³/mol. The van der Waals surface area contributed by atoms with Gasteiger partial charge >= 0.3 is 0 Å². The van der Waals surface area contributed by atoms with Crippen molar-refractivity contribution in [2.24, 2.45) is 0 Å². The molecule has 0 aliphatic carbocycles. The molecule has 0 spiro atoms. The van der Waals surface area contributed by atoms with E-state index in [2.05, 4.69) is 20.3 Å². The number of ether oxygens (including phenoxy) is 2. The summed E-state index contributed by atoms with van der Waals surface area (Å²) < 4.78 is 15.1. The van der Waals surface area contributed by atoms with E-state index in [0.717, 1.165) is 23.8 Å². The molecule has 1 atom stereocenters. The van der Waals surface area contributed by atoms with Gasteiger partial charge in [-0.15, -0.1) is 0 Å². The number of rotatable bonds is 4. The topological polar surface area (TPSA) is 67.8 Å². The summed E-state index contributed by atoms with van der Waals surface area (Å²) in [5.41, 5.74) is 2.23. The second-order valence-electron chi connectivity index (χ2n) is 6.10. The van der Waals surface area contributed by atoms with Gasteiger partial charge < -0.3 is 19.3 Å². The number of amides is 1. The lowest BCUT2D eigenvalue weighted by Gasteiger charge is -2.33. The van der Waals surface area contributed by atoms with E-state index in [4.69, 9.17) is 9.47 Å². The van der Waals surface area contributed by atoms with Crippen LogP contribution in [0, 0.1) is 0 Å². The Kier molecular flexibility index (Phi) is 4.65. The van der Waals surface area contributed by atoms with E-state index in [0.29, 0.717) is 32.1 Å². The molecule has 1 aromatic heterocycles. The van der Waals surface area contributed by atoms with Gasteiger partial charge in [0.25, 0.3) is 5.91 Å². The van der Waals surface area contributed by atoms with Crippen LogP contribution in [0.15, 0.2) is 24.3 Å². The highest BCUT2D eigenvalue weighted by Crippen LogP contribution is 2.29. The molecule has 0 bridgehead atoms. The van der Waals surface area contributed by atoms with Crippen LogP contribution in [0.25, 0.3) is 0 Å². The molecule has 2 aliphatic heterocycles. The smallest absolute Gasteiger partial charge is 0.257 e. The van der Waals surface area contributed by atoms with Gasteiger partial charge in [0.05, 0.1) is 13.2 Å². The van der Waals surface area contributed by atoms with E-state index >= 15 is 0 Å². The molecule has 1 saturated heterocycles. The summed E-state index contributed by atoms with van der Waals surface area (Å²) in [5, 5.41) is 0.815. The highest BCUT2D eigenvalue weighted by Gasteiger charge is 2.34. The molecule has 2 aromatic rings. The first-order valence-electron chi connectivity index (χ1n) is 8.33. The summed E-state index contributed by atoms with van der Waals surface area (Å²) in [4.78, 5) is 21.4. The number of methoxy groups -OCH3 is 1. The van der Waals surface area contributed by atoms with Crippen LogP contribution in [-0.2, 0) is 27.3 Å². The fourth-order valence-corrected chi connectivity index (χ4v) is 3.98. The van der Waals surface area contributed by atoms with Gasteiger partial charge in [-0.3, -0.25) is 4.79 Å². The molecule has 132 valence electrons. The molecule has 0 N–H and O–H groups in total. The molecule has 1 unspecified atom stereocenters. The quantitative estimate of drug-likeness (QED) is 0.823. The molecule has 1 aromatic carbocycles. The van der Waals surface area contributed by atoms with Gasteiger partial charge in [-0.05, 0) is 18.1 Å². The number of carbonyl (C=O) groups is 1. The summed E-state index contributed by atoms with van der Waals surface area (Å²) in [6.07, 6.45) is 0.421. The SMILES string of the molecule is COCc1nsc(N2CCOC(C(=O)N3CCc4ccccc43)C2)n1. The number of anilines is 2.